The lowest BCUT2D eigenvalue weighted by Gasteiger charge is -2.02. The molecule has 3 heteroatoms. The molecule has 0 saturated heterocycles. The van der Waals surface area contributed by atoms with Crippen molar-refractivity contribution in [1.29, 1.82) is 0 Å². The number of aliphatic hydroxyl groups is 2. The van der Waals surface area contributed by atoms with Gasteiger partial charge in [0.1, 0.15) is 12.2 Å². The predicted octanol–water partition coefficient (Wildman–Crippen LogP) is 3.26. The number of hydrogen-bond donors (Lipinski definition) is 2. The SMILES string of the molecule is O[C@@H](C#CCCOCCC#C[C@H](O)c1ccccc1)c1ccccc1. The Balaban J connectivity index is 1.59. The summed E-state index contributed by atoms with van der Waals surface area (Å²) in [6.45, 7) is 0.995. The summed E-state index contributed by atoms with van der Waals surface area (Å²) in [5.41, 5.74) is 1.59. The zero-order valence-corrected chi connectivity index (χ0v) is 14.1. The molecule has 2 aromatic carbocycles. The molecule has 0 aliphatic heterocycles. The largest absolute Gasteiger partial charge is 0.379 e. The maximum absolute atomic E-state index is 9.88. The van der Waals surface area contributed by atoms with Gasteiger partial charge >= 0.3 is 0 Å². The fourth-order valence-corrected chi connectivity index (χ4v) is 2.12. The molecule has 0 saturated carbocycles. The minimum absolute atomic E-state index is 0.497. The van der Waals surface area contributed by atoms with Crippen LogP contribution in [0.1, 0.15) is 36.2 Å². The molecule has 0 amide bonds. The second-order valence-electron chi connectivity index (χ2n) is 5.38. The van der Waals surface area contributed by atoms with Crippen molar-refractivity contribution in [3.8, 4) is 23.7 Å². The van der Waals surface area contributed by atoms with Gasteiger partial charge in [-0.2, -0.15) is 0 Å². The first kappa shape index (κ1) is 18.8. The molecule has 25 heavy (non-hydrogen) atoms. The molecule has 0 bridgehead atoms. The van der Waals surface area contributed by atoms with Gasteiger partial charge in [-0.15, -0.1) is 0 Å². The molecular weight excluding hydrogens is 312 g/mol. The molecular formula is C22H22O3. The van der Waals surface area contributed by atoms with Crippen LogP contribution in [0.3, 0.4) is 0 Å². The van der Waals surface area contributed by atoms with Crippen LogP contribution >= 0.6 is 0 Å². The molecule has 2 aromatic rings. The fraction of sp³-hybridized carbons (Fsp3) is 0.273. The van der Waals surface area contributed by atoms with Gasteiger partial charge in [0.05, 0.1) is 13.2 Å². The molecule has 0 heterocycles. The molecule has 0 aromatic heterocycles. The molecule has 2 atom stereocenters. The van der Waals surface area contributed by atoms with E-state index in [-0.39, 0.29) is 0 Å². The van der Waals surface area contributed by atoms with Gasteiger partial charge in [-0.05, 0) is 11.1 Å². The highest BCUT2D eigenvalue weighted by atomic mass is 16.5. The van der Waals surface area contributed by atoms with Crippen LogP contribution in [0.5, 0.6) is 0 Å². The minimum atomic E-state index is -0.758. The zero-order chi connectivity index (χ0) is 17.7. The summed E-state index contributed by atoms with van der Waals surface area (Å²) in [5, 5.41) is 19.8. The predicted molar refractivity (Wildman–Crippen MR) is 98.4 cm³/mol. The third kappa shape index (κ3) is 7.25. The summed E-state index contributed by atoms with van der Waals surface area (Å²) in [7, 11) is 0. The molecule has 0 fully saturated rings. The average Bonchev–Trinajstić information content (AvgIpc) is 2.67. The Bertz CT molecular complexity index is 667. The van der Waals surface area contributed by atoms with E-state index in [0.717, 1.165) is 11.1 Å². The van der Waals surface area contributed by atoms with Crippen molar-refractivity contribution in [3.63, 3.8) is 0 Å². The summed E-state index contributed by atoms with van der Waals surface area (Å²) in [4.78, 5) is 0. The molecule has 0 unspecified atom stereocenters. The highest BCUT2D eigenvalue weighted by Gasteiger charge is 2.01. The molecule has 2 rings (SSSR count). The Kier molecular flexibility index (Phi) is 8.32. The summed E-state index contributed by atoms with van der Waals surface area (Å²) >= 11 is 0. The van der Waals surface area contributed by atoms with E-state index < -0.39 is 12.2 Å². The maximum Gasteiger partial charge on any atom is 0.140 e. The van der Waals surface area contributed by atoms with Crippen LogP contribution in [0.4, 0.5) is 0 Å². The van der Waals surface area contributed by atoms with Crippen LogP contribution in [0.25, 0.3) is 0 Å². The van der Waals surface area contributed by atoms with Crippen molar-refractivity contribution < 1.29 is 14.9 Å². The van der Waals surface area contributed by atoms with Crippen molar-refractivity contribution in [2.75, 3.05) is 13.2 Å². The lowest BCUT2D eigenvalue weighted by molar-refractivity contribution is 0.145. The zero-order valence-electron chi connectivity index (χ0n) is 14.1. The lowest BCUT2D eigenvalue weighted by Crippen LogP contribution is -1.97. The molecule has 0 aliphatic carbocycles. The van der Waals surface area contributed by atoms with Crippen LogP contribution in [0, 0.1) is 23.7 Å². The molecule has 0 spiro atoms. The van der Waals surface area contributed by atoms with Crippen molar-refractivity contribution in [2.24, 2.45) is 0 Å². The summed E-state index contributed by atoms with van der Waals surface area (Å²) < 4.78 is 5.44. The average molecular weight is 334 g/mol. The molecule has 128 valence electrons. The van der Waals surface area contributed by atoms with E-state index in [1.807, 2.05) is 60.7 Å². The molecule has 3 nitrogen and oxygen atoms in total. The standard InChI is InChI=1S/C22H22O3/c23-21(19-11-3-1-4-12-19)15-7-9-17-25-18-10-8-16-22(24)20-13-5-2-6-14-20/h1-6,11-14,21-24H,9-10,17-18H2/t21-,22-/m0/s1. The maximum atomic E-state index is 9.88. The van der Waals surface area contributed by atoms with Crippen LogP contribution in [-0.2, 0) is 4.74 Å². The van der Waals surface area contributed by atoms with Crippen molar-refractivity contribution in [3.05, 3.63) is 71.8 Å². The van der Waals surface area contributed by atoms with Crippen LogP contribution in [0.15, 0.2) is 60.7 Å². The highest BCUT2D eigenvalue weighted by Crippen LogP contribution is 2.11. The smallest absolute Gasteiger partial charge is 0.140 e. The van der Waals surface area contributed by atoms with Crippen LogP contribution < -0.4 is 0 Å². The quantitative estimate of drug-likeness (QED) is 0.630. The third-order valence-electron chi connectivity index (χ3n) is 3.45. The first-order chi connectivity index (χ1) is 12.3. The van der Waals surface area contributed by atoms with Gasteiger partial charge in [0, 0.05) is 12.8 Å². The number of rotatable bonds is 6. The first-order valence-electron chi connectivity index (χ1n) is 8.28. The molecule has 0 radical (unpaired) electrons. The topological polar surface area (TPSA) is 49.7 Å². The Morgan fingerprint density at radius 1 is 0.680 bits per heavy atom. The van der Waals surface area contributed by atoms with Gasteiger partial charge in [0.25, 0.3) is 0 Å². The number of benzene rings is 2. The van der Waals surface area contributed by atoms with Crippen molar-refractivity contribution in [2.45, 2.75) is 25.0 Å². The summed E-state index contributed by atoms with van der Waals surface area (Å²) in [5.74, 6) is 11.4. The molecule has 2 N–H and O–H groups in total. The van der Waals surface area contributed by atoms with Gasteiger partial charge in [-0.3, -0.25) is 0 Å². The monoisotopic (exact) mass is 334 g/mol. The highest BCUT2D eigenvalue weighted by molar-refractivity contribution is 5.25. The van der Waals surface area contributed by atoms with Crippen molar-refractivity contribution >= 4 is 0 Å². The van der Waals surface area contributed by atoms with E-state index in [2.05, 4.69) is 23.7 Å². The first-order valence-corrected chi connectivity index (χ1v) is 8.28. The summed E-state index contributed by atoms with van der Waals surface area (Å²) in [6, 6.07) is 18.7. The minimum Gasteiger partial charge on any atom is -0.379 e. The van der Waals surface area contributed by atoms with E-state index in [9.17, 15) is 10.2 Å². The van der Waals surface area contributed by atoms with Gasteiger partial charge < -0.3 is 14.9 Å². The van der Waals surface area contributed by atoms with Crippen LogP contribution in [-0.4, -0.2) is 23.4 Å². The Hall–Kier alpha value is -2.56. The van der Waals surface area contributed by atoms with E-state index in [0.29, 0.717) is 26.1 Å². The third-order valence-corrected chi connectivity index (χ3v) is 3.45. The van der Waals surface area contributed by atoms with Crippen LogP contribution in [0.2, 0.25) is 0 Å². The normalized spacial score (nSPS) is 12.2. The molecule has 0 aliphatic rings. The van der Waals surface area contributed by atoms with Crippen molar-refractivity contribution in [1.82, 2.24) is 0 Å². The van der Waals surface area contributed by atoms with Gasteiger partial charge in [0.15, 0.2) is 0 Å². The van der Waals surface area contributed by atoms with E-state index in [4.69, 9.17) is 4.74 Å². The van der Waals surface area contributed by atoms with Gasteiger partial charge in [-0.25, -0.2) is 0 Å². The van der Waals surface area contributed by atoms with E-state index in [1.54, 1.807) is 0 Å². The van der Waals surface area contributed by atoms with Gasteiger partial charge in [0.2, 0.25) is 0 Å². The van der Waals surface area contributed by atoms with E-state index in [1.165, 1.54) is 0 Å². The number of ether oxygens (including phenoxy) is 1. The summed E-state index contributed by atoms with van der Waals surface area (Å²) in [6.07, 6.45) is -0.397. The Morgan fingerprint density at radius 2 is 1.08 bits per heavy atom. The van der Waals surface area contributed by atoms with E-state index >= 15 is 0 Å². The number of hydrogen-bond acceptors (Lipinski definition) is 3. The number of aliphatic hydroxyl groups excluding tert-OH is 2. The lowest BCUT2D eigenvalue weighted by atomic mass is 10.1. The second-order valence-corrected chi connectivity index (χ2v) is 5.38. The fourth-order valence-electron chi connectivity index (χ4n) is 2.12. The Morgan fingerprint density at radius 3 is 1.48 bits per heavy atom. The van der Waals surface area contributed by atoms with Gasteiger partial charge in [-0.1, -0.05) is 84.3 Å². The second kappa shape index (κ2) is 11.1. The Labute approximate surface area is 149 Å².